The summed E-state index contributed by atoms with van der Waals surface area (Å²) in [7, 11) is 3.41. The molecule has 2 aromatic carbocycles. The fraction of sp³-hybridized carbons (Fsp3) is 0.667. The van der Waals surface area contributed by atoms with Gasteiger partial charge in [-0.05, 0) is 111 Å². The van der Waals surface area contributed by atoms with Gasteiger partial charge in [-0.1, -0.05) is 76.2 Å². The van der Waals surface area contributed by atoms with Crippen LogP contribution in [0.15, 0.2) is 48.5 Å². The normalized spacial score (nSPS) is 29.8. The van der Waals surface area contributed by atoms with Gasteiger partial charge < -0.3 is 55.9 Å². The molecule has 6 N–H and O–H groups in total. The minimum atomic E-state index is -0.720. The highest BCUT2D eigenvalue weighted by molar-refractivity contribution is 8.00. The van der Waals surface area contributed by atoms with Crippen molar-refractivity contribution < 1.29 is 43.0 Å². The van der Waals surface area contributed by atoms with Crippen LogP contribution in [0.2, 0.25) is 0 Å². The number of fused-ring (bicyclic) bond motifs is 4. The molecule has 0 unspecified atom stereocenters. The Morgan fingerprint density at radius 2 is 1.01 bits per heavy atom. The molecule has 0 radical (unpaired) electrons. The van der Waals surface area contributed by atoms with Gasteiger partial charge in [-0.3, -0.25) is 28.8 Å². The maximum atomic E-state index is 14.5. The Kier molecular flexibility index (Phi) is 17.9. The monoisotopic (exact) mass is 1050 g/mol. The zero-order valence-corrected chi connectivity index (χ0v) is 45.5. The Hall–Kier alpha value is -4.24. The number of benzene rings is 2. The van der Waals surface area contributed by atoms with Crippen LogP contribution in [-0.2, 0) is 55.8 Å². The minimum absolute atomic E-state index is 0.165. The van der Waals surface area contributed by atoms with Crippen molar-refractivity contribution in [2.75, 3.05) is 52.0 Å². The number of nitrogens with zero attached hydrogens (tertiary/aromatic N) is 2. The largest absolute Gasteiger partial charge is 0.381 e. The SMILES string of the molecule is CN[C@@H](C)C(=O)N[C@H]1CCS[C@H]2CC(C)(C)[C@@H](C(=O)N[C@H]3c4ccccc4C[C@H]3OCCCOCCCO[C@@H]3Cc4ccccc4[C@@H]3NC(=O)[C@H]3N4C(=O)[C@@H](NC(=O)[C@@H](C)NC)CCS[C@H]4CC3(C)C)N2C1=O. The fourth-order valence-electron chi connectivity index (χ4n) is 11.7. The van der Waals surface area contributed by atoms with Crippen LogP contribution in [0.4, 0.5) is 0 Å². The number of nitrogens with one attached hydrogen (secondary N) is 6. The summed E-state index contributed by atoms with van der Waals surface area (Å²) in [5.41, 5.74) is 3.26. The van der Waals surface area contributed by atoms with Gasteiger partial charge in [-0.15, -0.1) is 23.5 Å². The Bertz CT molecular complexity index is 2180. The number of hydrogen-bond acceptors (Lipinski definition) is 13. The molecule has 0 bridgehead atoms. The summed E-state index contributed by atoms with van der Waals surface area (Å²) >= 11 is 3.35. The van der Waals surface area contributed by atoms with Crippen LogP contribution >= 0.6 is 23.5 Å². The highest BCUT2D eigenvalue weighted by atomic mass is 32.2. The molecule has 400 valence electrons. The van der Waals surface area contributed by atoms with Gasteiger partial charge >= 0.3 is 0 Å². The van der Waals surface area contributed by atoms with Gasteiger partial charge in [-0.2, -0.15) is 0 Å². The molecular weight excluding hydrogens is 969 g/mol. The summed E-state index contributed by atoms with van der Waals surface area (Å²) in [4.78, 5) is 86.7. The van der Waals surface area contributed by atoms with E-state index in [1.165, 1.54) is 0 Å². The number of carbonyl (C=O) groups excluding carboxylic acids is 6. The van der Waals surface area contributed by atoms with Crippen molar-refractivity contribution in [2.45, 2.75) is 164 Å². The van der Waals surface area contributed by atoms with E-state index in [4.69, 9.17) is 14.2 Å². The van der Waals surface area contributed by atoms with E-state index < -0.39 is 59.2 Å². The van der Waals surface area contributed by atoms with Crippen LogP contribution in [-0.4, -0.2) is 156 Å². The lowest BCUT2D eigenvalue weighted by Crippen LogP contribution is -2.58. The molecule has 0 aromatic heterocycles. The molecule has 12 atom stereocenters. The summed E-state index contributed by atoms with van der Waals surface area (Å²) in [6.07, 6.45) is 4.32. The van der Waals surface area contributed by atoms with E-state index in [0.717, 1.165) is 22.3 Å². The van der Waals surface area contributed by atoms with Crippen LogP contribution in [0.5, 0.6) is 0 Å². The summed E-state index contributed by atoms with van der Waals surface area (Å²) in [6, 6.07) is 11.6. The van der Waals surface area contributed by atoms with E-state index in [1.807, 2.05) is 64.1 Å². The summed E-state index contributed by atoms with van der Waals surface area (Å²) in [5, 5.41) is 18.1. The van der Waals surface area contributed by atoms with E-state index >= 15 is 0 Å². The van der Waals surface area contributed by atoms with Crippen LogP contribution in [0.1, 0.15) is 114 Å². The maximum absolute atomic E-state index is 14.5. The van der Waals surface area contributed by atoms with Crippen molar-refractivity contribution in [3.63, 3.8) is 0 Å². The number of ether oxygens (including phenoxy) is 3. The zero-order chi connectivity index (χ0) is 52.2. The molecule has 4 aliphatic heterocycles. The molecule has 2 aliphatic carbocycles. The standard InChI is InChI=1S/C54H78N8O9S2/c1-31(55-7)47(63)57-37-19-25-72-41-29-53(3,4)45(61(41)51(37)67)49(65)59-43-35-17-11-9-15-33(35)27-39(43)70-23-13-21-69-22-14-24-71-40-28-34-16-10-12-18-36(34)44(40)60-50(66)46-54(5,6)30-42-62(46)52(68)38(20-26-73-42)58-48(64)32(2)56-8/h9-12,15-18,31-32,37-46,55-56H,13-14,19-30H2,1-8H3,(H,57,63)(H,58,64)(H,59,65)(H,60,66)/t31-,32+,37-,38-,39+,40+,41-,42-,43-,44-,45+,46+/m0/s1. The van der Waals surface area contributed by atoms with E-state index in [-0.39, 0.29) is 58.4 Å². The number of carbonyl (C=O) groups is 6. The molecule has 4 heterocycles. The quantitative estimate of drug-likeness (QED) is 0.105. The Balaban J connectivity index is 0.816. The Labute approximate surface area is 439 Å². The second-order valence-electron chi connectivity index (χ2n) is 22.0. The van der Waals surface area contributed by atoms with Gasteiger partial charge in [0, 0.05) is 39.3 Å². The van der Waals surface area contributed by atoms with Crippen molar-refractivity contribution in [1.29, 1.82) is 0 Å². The van der Waals surface area contributed by atoms with Gasteiger partial charge in [0.25, 0.3) is 0 Å². The lowest BCUT2D eigenvalue weighted by Gasteiger charge is -2.35. The number of rotatable bonds is 20. The molecule has 4 saturated heterocycles. The van der Waals surface area contributed by atoms with Crippen molar-refractivity contribution in [2.24, 2.45) is 10.8 Å². The molecule has 6 aliphatic rings. The highest BCUT2D eigenvalue weighted by Gasteiger charge is 2.57. The topological polar surface area (TPSA) is 209 Å². The van der Waals surface area contributed by atoms with E-state index in [1.54, 1.807) is 61.3 Å². The van der Waals surface area contributed by atoms with E-state index in [2.05, 4.69) is 44.0 Å². The van der Waals surface area contributed by atoms with Gasteiger partial charge in [-0.25, -0.2) is 0 Å². The second kappa shape index (κ2) is 23.8. The third kappa shape index (κ3) is 12.1. The molecule has 73 heavy (non-hydrogen) atoms. The van der Waals surface area contributed by atoms with Crippen LogP contribution in [0.25, 0.3) is 0 Å². The van der Waals surface area contributed by atoms with Crippen molar-refractivity contribution in [1.82, 2.24) is 41.7 Å². The molecule has 0 saturated carbocycles. The maximum Gasteiger partial charge on any atom is 0.246 e. The molecule has 0 spiro atoms. The molecule has 19 heteroatoms. The predicted molar refractivity (Wildman–Crippen MR) is 282 cm³/mol. The smallest absolute Gasteiger partial charge is 0.246 e. The third-order valence-electron chi connectivity index (χ3n) is 15.9. The average Bonchev–Trinajstić information content (AvgIpc) is 4.01. The van der Waals surface area contributed by atoms with Gasteiger partial charge in [0.05, 0.1) is 47.1 Å². The molecule has 17 nitrogen and oxygen atoms in total. The van der Waals surface area contributed by atoms with Gasteiger partial charge in [0.2, 0.25) is 35.4 Å². The van der Waals surface area contributed by atoms with E-state index in [9.17, 15) is 28.8 Å². The number of hydrogen-bond donors (Lipinski definition) is 6. The zero-order valence-electron chi connectivity index (χ0n) is 43.8. The molecule has 6 amide bonds. The first-order valence-electron chi connectivity index (χ1n) is 26.3. The lowest BCUT2D eigenvalue weighted by atomic mass is 9.83. The fourth-order valence-corrected chi connectivity index (χ4v) is 14.8. The summed E-state index contributed by atoms with van der Waals surface area (Å²) in [6.45, 7) is 13.5. The van der Waals surface area contributed by atoms with Crippen LogP contribution in [0.3, 0.4) is 0 Å². The Morgan fingerprint density at radius 3 is 1.41 bits per heavy atom. The van der Waals surface area contributed by atoms with Gasteiger partial charge in [0.1, 0.15) is 24.2 Å². The second-order valence-corrected chi connectivity index (χ2v) is 24.5. The van der Waals surface area contributed by atoms with Gasteiger partial charge in [0.15, 0.2) is 0 Å². The predicted octanol–water partition coefficient (Wildman–Crippen LogP) is 3.75. The number of amides is 6. The Morgan fingerprint density at radius 1 is 0.616 bits per heavy atom. The van der Waals surface area contributed by atoms with Crippen molar-refractivity contribution in [3.05, 3.63) is 70.8 Å². The molecular formula is C54H78N8O9S2. The van der Waals surface area contributed by atoms with Crippen LogP contribution < -0.4 is 31.9 Å². The molecule has 4 fully saturated rings. The minimum Gasteiger partial charge on any atom is -0.381 e. The first-order valence-corrected chi connectivity index (χ1v) is 28.4. The first-order chi connectivity index (χ1) is 34.9. The highest BCUT2D eigenvalue weighted by Crippen LogP contribution is 2.48. The number of likely N-dealkylation sites (N-methyl/N-ethyl adjacent to an activating group) is 2. The first kappa shape index (κ1) is 55.0. The van der Waals surface area contributed by atoms with Crippen molar-refractivity contribution >= 4 is 59.0 Å². The lowest BCUT2D eigenvalue weighted by molar-refractivity contribution is -0.144. The summed E-state index contributed by atoms with van der Waals surface area (Å²) in [5.74, 6) is 0.0402. The third-order valence-corrected chi connectivity index (χ3v) is 18.4. The van der Waals surface area contributed by atoms with Crippen LogP contribution in [0, 0.1) is 10.8 Å². The molecule has 8 rings (SSSR count). The molecule has 2 aromatic rings. The average molecular weight is 1050 g/mol. The summed E-state index contributed by atoms with van der Waals surface area (Å²) < 4.78 is 19.1. The van der Waals surface area contributed by atoms with Crippen molar-refractivity contribution in [3.8, 4) is 0 Å². The van der Waals surface area contributed by atoms with E-state index in [0.29, 0.717) is 89.3 Å². The number of thioether (sulfide) groups is 2.